The first-order valence-corrected chi connectivity index (χ1v) is 5.84. The minimum absolute atomic E-state index is 0.462. The van der Waals surface area contributed by atoms with Crippen LogP contribution in [-0.2, 0) is 0 Å². The summed E-state index contributed by atoms with van der Waals surface area (Å²) >= 11 is 3.37. The number of rotatable bonds is 2. The van der Waals surface area contributed by atoms with Gasteiger partial charge in [0.15, 0.2) is 0 Å². The van der Waals surface area contributed by atoms with Crippen molar-refractivity contribution in [1.82, 2.24) is 0 Å². The summed E-state index contributed by atoms with van der Waals surface area (Å²) in [4.78, 5) is 0. The molecule has 0 saturated carbocycles. The maximum Gasteiger partial charge on any atom is 0.119 e. The molecule has 0 atom stereocenters. The maximum absolute atomic E-state index is 9.17. The van der Waals surface area contributed by atoms with E-state index in [4.69, 9.17) is 10.9 Å². The third-order valence-electron chi connectivity index (χ3n) is 2.42. The maximum atomic E-state index is 9.17. The molecule has 0 amide bonds. The zero-order valence-corrected chi connectivity index (χ0v) is 10.6. The summed E-state index contributed by atoms with van der Waals surface area (Å²) in [7, 11) is 0. The standard InChI is InChI=1S/C13H11BrN2O/c14-10-6-7-12(15)11(8-10)13(16-17)9-4-2-1-3-5-9/h1-8,17H,15H2. The molecule has 0 aliphatic carbocycles. The number of benzene rings is 2. The smallest absolute Gasteiger partial charge is 0.119 e. The van der Waals surface area contributed by atoms with E-state index in [0.29, 0.717) is 17.0 Å². The number of hydrogen-bond donors (Lipinski definition) is 2. The highest BCUT2D eigenvalue weighted by Gasteiger charge is 2.11. The van der Waals surface area contributed by atoms with Crippen LogP contribution in [0.3, 0.4) is 0 Å². The van der Waals surface area contributed by atoms with Gasteiger partial charge in [0.25, 0.3) is 0 Å². The van der Waals surface area contributed by atoms with Crippen molar-refractivity contribution in [3.05, 3.63) is 64.1 Å². The molecular formula is C13H11BrN2O. The van der Waals surface area contributed by atoms with Crippen molar-refractivity contribution in [3.8, 4) is 0 Å². The predicted octanol–water partition coefficient (Wildman–Crippen LogP) is 3.26. The normalized spacial score (nSPS) is 11.5. The Bertz CT molecular complexity index is 553. The van der Waals surface area contributed by atoms with Crippen molar-refractivity contribution in [1.29, 1.82) is 0 Å². The van der Waals surface area contributed by atoms with Gasteiger partial charge in [0, 0.05) is 21.3 Å². The lowest BCUT2D eigenvalue weighted by Gasteiger charge is -2.08. The van der Waals surface area contributed by atoms with Crippen molar-refractivity contribution in [2.75, 3.05) is 5.73 Å². The average Bonchev–Trinajstić information content (AvgIpc) is 2.36. The Hall–Kier alpha value is -1.81. The van der Waals surface area contributed by atoms with Crippen LogP contribution in [0.1, 0.15) is 11.1 Å². The fraction of sp³-hybridized carbons (Fsp3) is 0. The Balaban J connectivity index is 2.54. The molecule has 0 bridgehead atoms. The fourth-order valence-corrected chi connectivity index (χ4v) is 1.96. The average molecular weight is 291 g/mol. The van der Waals surface area contributed by atoms with E-state index in [0.717, 1.165) is 10.0 Å². The monoisotopic (exact) mass is 290 g/mol. The molecule has 4 heteroatoms. The quantitative estimate of drug-likeness (QED) is 0.386. The van der Waals surface area contributed by atoms with E-state index in [1.165, 1.54) is 0 Å². The zero-order valence-electron chi connectivity index (χ0n) is 8.97. The number of nitrogens with two attached hydrogens (primary N) is 1. The van der Waals surface area contributed by atoms with Crippen molar-refractivity contribution in [2.24, 2.45) is 5.16 Å². The van der Waals surface area contributed by atoms with Crippen LogP contribution in [0.15, 0.2) is 58.2 Å². The van der Waals surface area contributed by atoms with Crippen LogP contribution in [0.4, 0.5) is 5.69 Å². The summed E-state index contributed by atoms with van der Waals surface area (Å²) in [5.74, 6) is 0. The van der Waals surface area contributed by atoms with E-state index >= 15 is 0 Å². The summed E-state index contributed by atoms with van der Waals surface area (Å²) in [6.07, 6.45) is 0. The second-order valence-corrected chi connectivity index (χ2v) is 4.46. The molecule has 2 aromatic rings. The number of oxime groups is 1. The van der Waals surface area contributed by atoms with Gasteiger partial charge >= 0.3 is 0 Å². The molecule has 0 aliphatic rings. The fourth-order valence-electron chi connectivity index (χ4n) is 1.60. The molecule has 0 aliphatic heterocycles. The molecular weight excluding hydrogens is 280 g/mol. The lowest BCUT2D eigenvalue weighted by molar-refractivity contribution is 0.319. The van der Waals surface area contributed by atoms with E-state index in [1.807, 2.05) is 42.5 Å². The van der Waals surface area contributed by atoms with Crippen molar-refractivity contribution < 1.29 is 5.21 Å². The molecule has 2 aromatic carbocycles. The van der Waals surface area contributed by atoms with Crippen LogP contribution in [0.2, 0.25) is 0 Å². The first-order chi connectivity index (χ1) is 8.22. The summed E-state index contributed by atoms with van der Waals surface area (Å²) in [6, 6.07) is 14.9. The van der Waals surface area contributed by atoms with Gasteiger partial charge in [0.1, 0.15) is 5.71 Å². The molecule has 0 radical (unpaired) electrons. The number of hydrogen-bond acceptors (Lipinski definition) is 3. The molecule has 3 nitrogen and oxygen atoms in total. The molecule has 0 fully saturated rings. The minimum atomic E-state index is 0.462. The SMILES string of the molecule is Nc1ccc(Br)cc1C(=NO)c1ccccc1. The second kappa shape index (κ2) is 5.01. The summed E-state index contributed by atoms with van der Waals surface area (Å²) < 4.78 is 0.888. The number of nitrogens with zero attached hydrogens (tertiary/aromatic N) is 1. The number of nitrogen functional groups attached to an aromatic ring is 1. The summed E-state index contributed by atoms with van der Waals surface area (Å²) in [6.45, 7) is 0. The van der Waals surface area contributed by atoms with E-state index in [9.17, 15) is 0 Å². The largest absolute Gasteiger partial charge is 0.410 e. The highest BCUT2D eigenvalue weighted by molar-refractivity contribution is 9.10. The van der Waals surface area contributed by atoms with Crippen LogP contribution >= 0.6 is 15.9 Å². The van der Waals surface area contributed by atoms with Gasteiger partial charge in [-0.15, -0.1) is 0 Å². The van der Waals surface area contributed by atoms with Gasteiger partial charge in [-0.3, -0.25) is 0 Å². The Kier molecular flexibility index (Phi) is 3.44. The summed E-state index contributed by atoms with van der Waals surface area (Å²) in [5.41, 5.74) is 8.45. The Morgan fingerprint density at radius 2 is 1.82 bits per heavy atom. The van der Waals surface area contributed by atoms with E-state index in [-0.39, 0.29) is 0 Å². The van der Waals surface area contributed by atoms with E-state index < -0.39 is 0 Å². The highest BCUT2D eigenvalue weighted by atomic mass is 79.9. The molecule has 0 aromatic heterocycles. The molecule has 86 valence electrons. The van der Waals surface area contributed by atoms with Gasteiger partial charge < -0.3 is 10.9 Å². The lowest BCUT2D eigenvalue weighted by Crippen LogP contribution is -2.06. The Morgan fingerprint density at radius 1 is 1.12 bits per heavy atom. The first-order valence-electron chi connectivity index (χ1n) is 5.05. The molecule has 2 rings (SSSR count). The van der Waals surface area contributed by atoms with Crippen LogP contribution < -0.4 is 5.73 Å². The highest BCUT2D eigenvalue weighted by Crippen LogP contribution is 2.22. The van der Waals surface area contributed by atoms with Crippen LogP contribution in [0.5, 0.6) is 0 Å². The van der Waals surface area contributed by atoms with Gasteiger partial charge in [-0.2, -0.15) is 0 Å². The van der Waals surface area contributed by atoms with Crippen molar-refractivity contribution in [3.63, 3.8) is 0 Å². The van der Waals surface area contributed by atoms with Gasteiger partial charge in [-0.05, 0) is 18.2 Å². The Morgan fingerprint density at radius 3 is 2.47 bits per heavy atom. The zero-order chi connectivity index (χ0) is 12.3. The third-order valence-corrected chi connectivity index (χ3v) is 2.91. The first kappa shape index (κ1) is 11.7. The summed E-state index contributed by atoms with van der Waals surface area (Å²) in [5, 5.41) is 12.5. The molecule has 0 spiro atoms. The van der Waals surface area contributed by atoms with E-state index in [2.05, 4.69) is 21.1 Å². The lowest BCUT2D eigenvalue weighted by atomic mass is 10.0. The van der Waals surface area contributed by atoms with Gasteiger partial charge in [-0.1, -0.05) is 51.4 Å². The number of halogens is 1. The third kappa shape index (κ3) is 2.47. The van der Waals surface area contributed by atoms with Gasteiger partial charge in [0.05, 0.1) is 0 Å². The van der Waals surface area contributed by atoms with Crippen LogP contribution in [-0.4, -0.2) is 10.9 Å². The van der Waals surface area contributed by atoms with Crippen molar-refractivity contribution in [2.45, 2.75) is 0 Å². The second-order valence-electron chi connectivity index (χ2n) is 3.55. The molecule has 0 heterocycles. The Labute approximate surface area is 108 Å². The molecule has 17 heavy (non-hydrogen) atoms. The van der Waals surface area contributed by atoms with Gasteiger partial charge in [-0.25, -0.2) is 0 Å². The number of anilines is 1. The van der Waals surface area contributed by atoms with Crippen LogP contribution in [0.25, 0.3) is 0 Å². The molecule has 0 saturated heterocycles. The molecule has 3 N–H and O–H groups in total. The topological polar surface area (TPSA) is 58.6 Å². The van der Waals surface area contributed by atoms with Crippen molar-refractivity contribution >= 4 is 27.3 Å². The van der Waals surface area contributed by atoms with Gasteiger partial charge in [0.2, 0.25) is 0 Å². The van der Waals surface area contributed by atoms with Crippen LogP contribution in [0, 0.1) is 0 Å². The minimum Gasteiger partial charge on any atom is -0.410 e. The van der Waals surface area contributed by atoms with E-state index in [1.54, 1.807) is 6.07 Å². The predicted molar refractivity (Wildman–Crippen MR) is 72.4 cm³/mol. The molecule has 0 unspecified atom stereocenters.